The van der Waals surface area contributed by atoms with Crippen LogP contribution in [-0.4, -0.2) is 37.5 Å². The number of hydrazine groups is 1. The van der Waals surface area contributed by atoms with Gasteiger partial charge in [-0.3, -0.25) is 5.43 Å². The molecule has 0 saturated carbocycles. The predicted octanol–water partition coefficient (Wildman–Crippen LogP) is -1.53. The Kier molecular flexibility index (Phi) is 11.4. The summed E-state index contributed by atoms with van der Waals surface area (Å²) in [6, 6.07) is 7.92. The van der Waals surface area contributed by atoms with Gasteiger partial charge >= 0.3 is 29.6 Å². The van der Waals surface area contributed by atoms with Gasteiger partial charge in [-0.2, -0.15) is 17.3 Å². The normalized spacial score (nSPS) is 9.00. The fourth-order valence-electron chi connectivity index (χ4n) is 1.70. The summed E-state index contributed by atoms with van der Waals surface area (Å²) >= 11 is 3.24. The Morgan fingerprint density at radius 2 is 1.56 bits per heavy atom. The minimum absolute atomic E-state index is 0. The van der Waals surface area contributed by atoms with Crippen LogP contribution in [0.3, 0.4) is 0 Å². The van der Waals surface area contributed by atoms with Crippen molar-refractivity contribution in [2.45, 2.75) is 0 Å². The molecule has 0 atom stereocenters. The molecule has 4 aromatic rings. The molecule has 0 spiro atoms. The Morgan fingerprint density at radius 3 is 2.07 bits per heavy atom. The molecule has 3 N–H and O–H groups in total. The Bertz CT molecular complexity index is 863. The molecule has 0 aliphatic rings. The number of thiophene rings is 2. The molecule has 134 valence electrons. The molecule has 9 nitrogen and oxygen atoms in total. The molecular weight excluding hydrogens is 395 g/mol. The third kappa shape index (κ3) is 7.34. The average molecular weight is 410 g/mol. The number of nitrogen functional groups attached to an aromatic ring is 1. The summed E-state index contributed by atoms with van der Waals surface area (Å²) in [7, 11) is 0.750. The van der Waals surface area contributed by atoms with Gasteiger partial charge in [0.1, 0.15) is 17.7 Å². The maximum atomic E-state index is 8.25. The monoisotopic (exact) mass is 410 g/mol. The first-order chi connectivity index (χ1) is 12.9. The van der Waals surface area contributed by atoms with Gasteiger partial charge in [-0.05, 0) is 22.9 Å². The van der Waals surface area contributed by atoms with Crippen LogP contribution in [0.2, 0.25) is 0 Å². The summed E-state index contributed by atoms with van der Waals surface area (Å²) < 4.78 is 0. The maximum absolute atomic E-state index is 8.25. The zero-order valence-corrected chi connectivity index (χ0v) is 18.3. The minimum atomic E-state index is 0. The number of hydrogen-bond acceptors (Lipinski definition) is 11. The van der Waals surface area contributed by atoms with Crippen LogP contribution in [0.4, 0.5) is 5.95 Å². The van der Waals surface area contributed by atoms with Crippen molar-refractivity contribution in [3.63, 3.8) is 0 Å². The molecule has 0 aliphatic carbocycles. The summed E-state index contributed by atoms with van der Waals surface area (Å²) in [5, 5.41) is 27.0. The first-order valence-electron chi connectivity index (χ1n) is 7.14. The molecule has 0 unspecified atom stereocenters. The third-order valence-electron chi connectivity index (χ3n) is 2.73. The number of nitrogens with one attached hydrogen (secondary N) is 1. The molecule has 4 aromatic heterocycles. The topological polar surface area (TPSA) is 138 Å². The van der Waals surface area contributed by atoms with E-state index in [1.54, 1.807) is 35.1 Å². The zero-order valence-electron chi connectivity index (χ0n) is 14.7. The van der Waals surface area contributed by atoms with Crippen molar-refractivity contribution in [3.05, 3.63) is 53.7 Å². The molecule has 0 aliphatic heterocycles. The number of anilines is 1. The van der Waals surface area contributed by atoms with Crippen LogP contribution in [0, 0.1) is 0 Å². The second-order valence-corrected chi connectivity index (χ2v) is 6.15. The van der Waals surface area contributed by atoms with Crippen LogP contribution in [0.25, 0.3) is 21.1 Å². The van der Waals surface area contributed by atoms with E-state index in [0.717, 1.165) is 28.3 Å². The fourth-order valence-corrected chi connectivity index (χ4v) is 3.07. The van der Waals surface area contributed by atoms with E-state index >= 15 is 0 Å². The molecule has 0 aromatic carbocycles. The van der Waals surface area contributed by atoms with Gasteiger partial charge in [0.2, 0.25) is 0 Å². The van der Waals surface area contributed by atoms with Gasteiger partial charge in [0, 0.05) is 0 Å². The van der Waals surface area contributed by atoms with Crippen LogP contribution in [0.5, 0.6) is 0 Å². The van der Waals surface area contributed by atoms with E-state index < -0.39 is 0 Å². The molecule has 0 fully saturated rings. The quantitative estimate of drug-likeness (QED) is 0.234. The van der Waals surface area contributed by atoms with E-state index in [4.69, 9.17) is 10.9 Å². The van der Waals surface area contributed by atoms with Crippen molar-refractivity contribution in [2.75, 3.05) is 12.5 Å². The molecule has 0 radical (unpaired) electrons. The van der Waals surface area contributed by atoms with E-state index in [0.29, 0.717) is 5.95 Å². The number of nitrogens with two attached hydrogens (primary N) is 1. The molecule has 4 rings (SSSR count). The molecule has 0 amide bonds. The van der Waals surface area contributed by atoms with Crippen molar-refractivity contribution in [1.82, 2.24) is 30.4 Å². The van der Waals surface area contributed by atoms with Gasteiger partial charge in [0.25, 0.3) is 5.95 Å². The van der Waals surface area contributed by atoms with E-state index in [2.05, 4.69) is 35.8 Å². The summed E-state index contributed by atoms with van der Waals surface area (Å²) in [5.41, 5.74) is 4.01. The largest absolute Gasteiger partial charge is 1.00 e. The van der Waals surface area contributed by atoms with Gasteiger partial charge in [-0.1, -0.05) is 12.1 Å². The first-order valence-corrected chi connectivity index (χ1v) is 8.90. The van der Waals surface area contributed by atoms with E-state index in [9.17, 15) is 0 Å². The van der Waals surface area contributed by atoms with Gasteiger partial charge in [0.15, 0.2) is 0 Å². The molecule has 27 heavy (non-hydrogen) atoms. The number of nitrogens with zero attached hydrogens (tertiary/aromatic N) is 6. The smallest absolute Gasteiger partial charge is 0.857 e. The molecule has 12 heteroatoms. The maximum Gasteiger partial charge on any atom is 1.00 e. The summed E-state index contributed by atoms with van der Waals surface area (Å²) in [6.45, 7) is 0. The van der Waals surface area contributed by atoms with Crippen molar-refractivity contribution in [3.8, 4) is 21.1 Å². The molecule has 0 saturated heterocycles. The van der Waals surface area contributed by atoms with Crippen LogP contribution in [-0.2, 0) is 0 Å². The zero-order chi connectivity index (χ0) is 18.6. The van der Waals surface area contributed by atoms with Crippen LogP contribution >= 0.6 is 22.7 Å². The van der Waals surface area contributed by atoms with Gasteiger partial charge in [-0.15, -0.1) is 32.9 Å². The first kappa shape index (κ1) is 23.2. The number of aromatic nitrogens is 6. The SMILES string of the molecule is C[O-].NNc1nncc(-c2cccs2)n1.[Na+].c1csc(-c2cnncn2)c1. The Labute approximate surface area is 186 Å². The van der Waals surface area contributed by atoms with Gasteiger partial charge in [0.05, 0.1) is 22.1 Å². The minimum Gasteiger partial charge on any atom is -0.857 e. The van der Waals surface area contributed by atoms with Gasteiger partial charge < -0.3 is 5.11 Å². The Morgan fingerprint density at radius 1 is 0.926 bits per heavy atom. The van der Waals surface area contributed by atoms with E-state index in [1.807, 2.05) is 35.0 Å². The van der Waals surface area contributed by atoms with Crippen molar-refractivity contribution in [2.24, 2.45) is 5.84 Å². The molecule has 0 bridgehead atoms. The number of rotatable bonds is 3. The van der Waals surface area contributed by atoms with Gasteiger partial charge in [-0.25, -0.2) is 15.8 Å². The summed E-state index contributed by atoms with van der Waals surface area (Å²) in [4.78, 5) is 10.4. The van der Waals surface area contributed by atoms with E-state index in [1.165, 1.54) is 6.33 Å². The second kappa shape index (κ2) is 13.3. The number of hydrogen-bond donors (Lipinski definition) is 2. The van der Waals surface area contributed by atoms with Crippen molar-refractivity contribution >= 4 is 28.6 Å². The Hall–Kier alpha value is -1.86. The average Bonchev–Trinajstić information content (AvgIpc) is 3.45. The fraction of sp³-hybridized carbons (Fsp3) is 0.0667. The summed E-state index contributed by atoms with van der Waals surface area (Å²) in [6.07, 6.45) is 4.72. The standard InChI is InChI=1S/C7H7N5S.C7H5N3S.CH3O.Na/c8-11-7-10-5(4-9-12-7)6-2-1-3-13-6;1-2-7(11-3-1)6-4-9-10-5-8-6;1-2;/h1-4H,8H2,(H,10,11,12);1-5H;1H3;/q;;-1;+1. The van der Waals surface area contributed by atoms with Crippen LogP contribution in [0.1, 0.15) is 0 Å². The Balaban J connectivity index is 0.000000242. The predicted molar refractivity (Wildman–Crippen MR) is 100 cm³/mol. The van der Waals surface area contributed by atoms with Crippen LogP contribution < -0.4 is 45.9 Å². The molecular formula is C15H15N8NaOS2. The third-order valence-corrected chi connectivity index (χ3v) is 4.52. The van der Waals surface area contributed by atoms with Crippen molar-refractivity contribution in [1.29, 1.82) is 0 Å². The van der Waals surface area contributed by atoms with Crippen LogP contribution in [0.15, 0.2) is 53.7 Å². The van der Waals surface area contributed by atoms with Crippen molar-refractivity contribution < 1.29 is 34.7 Å². The summed E-state index contributed by atoms with van der Waals surface area (Å²) in [5.74, 6) is 5.49. The second-order valence-electron chi connectivity index (χ2n) is 4.25. The van der Waals surface area contributed by atoms with E-state index in [-0.39, 0.29) is 29.6 Å². The molecule has 4 heterocycles.